The number of nitrogens with zero attached hydrogens (tertiary/aromatic N) is 4. The Morgan fingerprint density at radius 1 is 1.11 bits per heavy atom. The minimum absolute atomic E-state index is 0.164. The van der Waals surface area contributed by atoms with Gasteiger partial charge in [0.2, 0.25) is 0 Å². The number of aryl methyl sites for hydroxylation is 1. The molecule has 0 saturated carbocycles. The number of fused-ring (bicyclic) bond motifs is 1. The molecule has 0 aliphatic heterocycles. The van der Waals surface area contributed by atoms with E-state index in [9.17, 15) is 9.59 Å². The maximum atomic E-state index is 13.0. The molecule has 9 nitrogen and oxygen atoms in total. The number of carbonyl (C=O) groups excluding carboxylic acids is 1. The molecule has 0 bridgehead atoms. The number of rotatable bonds is 8. The second-order valence-corrected chi connectivity index (χ2v) is 8.64. The van der Waals surface area contributed by atoms with Gasteiger partial charge in [0.15, 0.2) is 11.5 Å². The highest BCUT2D eigenvalue weighted by Gasteiger charge is 2.17. The molecule has 2 aromatic heterocycles. The number of hydrogen-bond donors (Lipinski definition) is 2. The zero-order chi connectivity index (χ0) is 24.9. The van der Waals surface area contributed by atoms with Crippen LogP contribution in [0.2, 0.25) is 0 Å². The number of hydrogen-bond acceptors (Lipinski definition) is 5. The number of methoxy groups -OCH3 is 1. The highest BCUT2D eigenvalue weighted by atomic mass is 16.5. The van der Waals surface area contributed by atoms with E-state index in [1.807, 2.05) is 30.3 Å². The first-order chi connectivity index (χ1) is 16.9. The minimum Gasteiger partial charge on any atom is -0.383 e. The monoisotopic (exact) mass is 474 g/mol. The number of carbonyl (C=O) groups is 1. The summed E-state index contributed by atoms with van der Waals surface area (Å²) in [7, 11) is 3.30. The fraction of sp³-hybridized carbons (Fsp3) is 0.308. The summed E-state index contributed by atoms with van der Waals surface area (Å²) in [6.45, 7) is 5.49. The first-order valence-electron chi connectivity index (χ1n) is 11.5. The number of nitrogens with one attached hydrogen (secondary N) is 2. The third-order valence-electron chi connectivity index (χ3n) is 5.85. The van der Waals surface area contributed by atoms with E-state index in [2.05, 4.69) is 35.5 Å². The molecule has 4 aromatic rings. The number of imidazole rings is 1. The van der Waals surface area contributed by atoms with E-state index in [4.69, 9.17) is 9.72 Å². The standard InChI is InChI=1S/C26H30N6O3/c1-17(2)20-7-5-6-8-21(20)23-28-15-22-24(30-23)32(26(34)31(22)3)16-18-9-11-19(12-10-18)29-25(33)27-13-14-35-4/h5-12,15,17H,13-14,16H2,1-4H3,(H2,27,29,33). The van der Waals surface area contributed by atoms with Gasteiger partial charge in [-0.25, -0.2) is 19.6 Å². The normalized spacial score (nSPS) is 11.2. The molecule has 182 valence electrons. The number of ether oxygens (including phenoxy) is 1. The molecule has 0 aliphatic rings. The van der Waals surface area contributed by atoms with Crippen LogP contribution in [0.4, 0.5) is 10.5 Å². The maximum absolute atomic E-state index is 13.0. The Balaban J connectivity index is 1.61. The molecule has 2 N–H and O–H groups in total. The first kappa shape index (κ1) is 24.2. The van der Waals surface area contributed by atoms with Gasteiger partial charge in [0.25, 0.3) is 0 Å². The van der Waals surface area contributed by atoms with E-state index in [1.54, 1.807) is 41.6 Å². The smallest absolute Gasteiger partial charge is 0.330 e. The molecular weight excluding hydrogens is 444 g/mol. The van der Waals surface area contributed by atoms with Gasteiger partial charge in [-0.2, -0.15) is 0 Å². The van der Waals surface area contributed by atoms with Gasteiger partial charge in [-0.15, -0.1) is 0 Å². The van der Waals surface area contributed by atoms with Crippen LogP contribution in [-0.4, -0.2) is 45.4 Å². The Kier molecular flexibility index (Phi) is 7.26. The van der Waals surface area contributed by atoms with Crippen LogP contribution in [0.25, 0.3) is 22.6 Å². The molecule has 4 rings (SSSR count). The van der Waals surface area contributed by atoms with Crippen molar-refractivity contribution in [3.63, 3.8) is 0 Å². The van der Waals surface area contributed by atoms with E-state index in [0.29, 0.717) is 48.3 Å². The number of amides is 2. The third kappa shape index (κ3) is 5.25. The molecule has 2 amide bonds. The predicted molar refractivity (Wildman–Crippen MR) is 137 cm³/mol. The van der Waals surface area contributed by atoms with Gasteiger partial charge in [-0.1, -0.05) is 50.2 Å². The summed E-state index contributed by atoms with van der Waals surface area (Å²) in [4.78, 5) is 34.4. The van der Waals surface area contributed by atoms with Crippen molar-refractivity contribution in [1.29, 1.82) is 0 Å². The van der Waals surface area contributed by atoms with Crippen molar-refractivity contribution < 1.29 is 9.53 Å². The Morgan fingerprint density at radius 2 is 1.86 bits per heavy atom. The Bertz CT molecular complexity index is 1390. The van der Waals surface area contributed by atoms with E-state index >= 15 is 0 Å². The van der Waals surface area contributed by atoms with Gasteiger partial charge in [0.1, 0.15) is 5.52 Å². The van der Waals surface area contributed by atoms with Crippen LogP contribution in [0.15, 0.2) is 59.5 Å². The average molecular weight is 475 g/mol. The van der Waals surface area contributed by atoms with E-state index in [0.717, 1.165) is 16.7 Å². The summed E-state index contributed by atoms with van der Waals surface area (Å²) in [6.07, 6.45) is 1.71. The summed E-state index contributed by atoms with van der Waals surface area (Å²) < 4.78 is 8.14. The van der Waals surface area contributed by atoms with Gasteiger partial charge >= 0.3 is 11.7 Å². The predicted octanol–water partition coefficient (Wildman–Crippen LogP) is 3.74. The van der Waals surface area contributed by atoms with Crippen LogP contribution in [-0.2, 0) is 18.3 Å². The minimum atomic E-state index is -0.300. The molecule has 0 saturated heterocycles. The van der Waals surface area contributed by atoms with Gasteiger partial charge in [-0.3, -0.25) is 9.13 Å². The summed E-state index contributed by atoms with van der Waals surface area (Å²) in [5, 5.41) is 5.49. The van der Waals surface area contributed by atoms with Crippen LogP contribution in [0.1, 0.15) is 30.9 Å². The average Bonchev–Trinajstić information content (AvgIpc) is 3.09. The van der Waals surface area contributed by atoms with Crippen molar-refractivity contribution in [3.05, 3.63) is 76.3 Å². The second-order valence-electron chi connectivity index (χ2n) is 8.64. The highest BCUT2D eigenvalue weighted by molar-refractivity contribution is 5.89. The Labute approximate surface area is 203 Å². The zero-order valence-corrected chi connectivity index (χ0v) is 20.4. The summed E-state index contributed by atoms with van der Waals surface area (Å²) >= 11 is 0. The molecule has 0 atom stereocenters. The highest BCUT2D eigenvalue weighted by Crippen LogP contribution is 2.27. The summed E-state index contributed by atoms with van der Waals surface area (Å²) in [6, 6.07) is 15.2. The SMILES string of the molecule is COCCNC(=O)Nc1ccc(Cn2c(=O)n(C)c3cnc(-c4ccccc4C(C)C)nc32)cc1. The fourth-order valence-electron chi connectivity index (χ4n) is 3.97. The number of urea groups is 1. The van der Waals surface area contributed by atoms with Crippen LogP contribution in [0.3, 0.4) is 0 Å². The quantitative estimate of drug-likeness (QED) is 0.379. The van der Waals surface area contributed by atoms with Crippen molar-refractivity contribution in [1.82, 2.24) is 24.4 Å². The van der Waals surface area contributed by atoms with Gasteiger partial charge < -0.3 is 15.4 Å². The summed E-state index contributed by atoms with van der Waals surface area (Å²) in [5.74, 6) is 0.915. The molecule has 0 radical (unpaired) electrons. The Morgan fingerprint density at radius 3 is 2.57 bits per heavy atom. The van der Waals surface area contributed by atoms with Crippen molar-refractivity contribution in [2.75, 3.05) is 25.6 Å². The van der Waals surface area contributed by atoms with Crippen molar-refractivity contribution >= 4 is 22.9 Å². The van der Waals surface area contributed by atoms with Crippen LogP contribution in [0.5, 0.6) is 0 Å². The zero-order valence-electron chi connectivity index (χ0n) is 20.4. The molecule has 0 aliphatic carbocycles. The number of benzene rings is 2. The van der Waals surface area contributed by atoms with Crippen LogP contribution in [0, 0.1) is 0 Å². The topological polar surface area (TPSA) is 103 Å². The summed E-state index contributed by atoms with van der Waals surface area (Å²) in [5.41, 5.74) is 4.78. The van der Waals surface area contributed by atoms with Crippen molar-refractivity contribution in [2.24, 2.45) is 7.05 Å². The molecule has 2 heterocycles. The van der Waals surface area contributed by atoms with Gasteiger partial charge in [0.05, 0.1) is 19.3 Å². The largest absolute Gasteiger partial charge is 0.383 e. The van der Waals surface area contributed by atoms with E-state index < -0.39 is 0 Å². The fourth-order valence-corrected chi connectivity index (χ4v) is 3.97. The molecule has 35 heavy (non-hydrogen) atoms. The first-order valence-corrected chi connectivity index (χ1v) is 11.5. The lowest BCUT2D eigenvalue weighted by molar-refractivity contribution is 0.198. The second kappa shape index (κ2) is 10.5. The molecule has 0 unspecified atom stereocenters. The van der Waals surface area contributed by atoms with Crippen molar-refractivity contribution in [3.8, 4) is 11.4 Å². The molecule has 2 aromatic carbocycles. The van der Waals surface area contributed by atoms with Crippen LogP contribution >= 0.6 is 0 Å². The van der Waals surface area contributed by atoms with Crippen LogP contribution < -0.4 is 16.3 Å². The maximum Gasteiger partial charge on any atom is 0.330 e. The van der Waals surface area contributed by atoms with E-state index in [-0.39, 0.29) is 11.7 Å². The van der Waals surface area contributed by atoms with Gasteiger partial charge in [-0.05, 0) is 29.2 Å². The third-order valence-corrected chi connectivity index (χ3v) is 5.85. The Hall–Kier alpha value is -3.98. The number of aromatic nitrogens is 4. The van der Waals surface area contributed by atoms with E-state index in [1.165, 1.54) is 0 Å². The lowest BCUT2D eigenvalue weighted by Gasteiger charge is -2.12. The molecule has 0 spiro atoms. The molecule has 0 fully saturated rings. The lowest BCUT2D eigenvalue weighted by atomic mass is 9.97. The number of anilines is 1. The molecular formula is C26H30N6O3. The van der Waals surface area contributed by atoms with Crippen molar-refractivity contribution in [2.45, 2.75) is 26.3 Å². The van der Waals surface area contributed by atoms with Gasteiger partial charge in [0, 0.05) is 32.0 Å². The molecule has 9 heteroatoms. The lowest BCUT2D eigenvalue weighted by Crippen LogP contribution is -2.31.